The molecule has 0 radical (unpaired) electrons. The van der Waals surface area contributed by atoms with E-state index in [1.165, 1.54) is 12.3 Å². The van der Waals surface area contributed by atoms with Crippen molar-refractivity contribution in [1.29, 1.82) is 0 Å². The number of hydrazone groups is 1. The number of carbonyl (C=O) groups excluding carboxylic acids is 1. The lowest BCUT2D eigenvalue weighted by Gasteiger charge is -2.17. The lowest BCUT2D eigenvalue weighted by atomic mass is 10.1. The molecule has 2 aromatic rings. The first kappa shape index (κ1) is 22.7. The van der Waals surface area contributed by atoms with E-state index < -0.39 is 10.8 Å². The molecule has 3 rings (SSSR count). The summed E-state index contributed by atoms with van der Waals surface area (Å²) in [5, 5.41) is 15.3. The van der Waals surface area contributed by atoms with E-state index in [-0.39, 0.29) is 12.3 Å². The maximum atomic E-state index is 12.0. The Hall–Kier alpha value is -1.98. The lowest BCUT2D eigenvalue weighted by Crippen LogP contribution is -2.24. The molecule has 30 heavy (non-hydrogen) atoms. The highest BCUT2D eigenvalue weighted by atomic mass is 79.9. The number of hydrogen-bond donors (Lipinski definition) is 1. The van der Waals surface area contributed by atoms with Gasteiger partial charge in [0.1, 0.15) is 11.4 Å². The molecule has 0 aliphatic carbocycles. The Labute approximate surface area is 198 Å². The number of amides is 1. The van der Waals surface area contributed by atoms with E-state index in [2.05, 4.69) is 58.3 Å². The summed E-state index contributed by atoms with van der Waals surface area (Å²) < 4.78 is 7.74. The molecule has 1 fully saturated rings. The normalized spacial score (nSPS) is 13.6. The van der Waals surface area contributed by atoms with Crippen molar-refractivity contribution in [1.82, 2.24) is 5.43 Å². The molecule has 8 nitrogen and oxygen atoms in total. The minimum absolute atomic E-state index is 0.0282. The monoisotopic (exact) mass is 602 g/mol. The second-order valence-corrected chi connectivity index (χ2v) is 9.10. The van der Waals surface area contributed by atoms with Gasteiger partial charge in [0.05, 0.1) is 20.1 Å². The summed E-state index contributed by atoms with van der Waals surface area (Å²) in [6, 6.07) is 8.51. The highest BCUT2D eigenvalue weighted by Crippen LogP contribution is 2.36. The fourth-order valence-electron chi connectivity index (χ4n) is 3.01. The predicted molar refractivity (Wildman–Crippen MR) is 125 cm³/mol. The van der Waals surface area contributed by atoms with E-state index >= 15 is 0 Å². The van der Waals surface area contributed by atoms with E-state index in [1.807, 2.05) is 4.90 Å². The largest absolute Gasteiger partial charge is 0.481 e. The van der Waals surface area contributed by atoms with Gasteiger partial charge in [0, 0.05) is 29.2 Å². The number of nitro benzene ring substituents is 1. The Bertz CT molecular complexity index is 971. The third-order valence-corrected chi connectivity index (χ3v) is 5.99. The average Bonchev–Trinajstić information content (AvgIpc) is 3.21. The topological polar surface area (TPSA) is 97.1 Å². The molecule has 1 heterocycles. The zero-order chi connectivity index (χ0) is 21.7. The standard InChI is InChI=1S/C19H17Br3N4O4/c20-13-8-14(21)19(15(22)9-13)30-11-18(27)24-23-10-12-3-4-16(17(7-12)26(28)29)25-5-1-2-6-25/h3-4,7-10H,1-2,5-6,11H2,(H,24,27). The summed E-state index contributed by atoms with van der Waals surface area (Å²) >= 11 is 10.1. The van der Waals surface area contributed by atoms with Crippen molar-refractivity contribution in [3.8, 4) is 5.75 Å². The maximum Gasteiger partial charge on any atom is 0.293 e. The highest BCUT2D eigenvalue weighted by molar-refractivity contribution is 9.11. The second kappa shape index (κ2) is 10.4. The number of anilines is 1. The molecule has 1 aliphatic heterocycles. The molecule has 11 heteroatoms. The smallest absolute Gasteiger partial charge is 0.293 e. The van der Waals surface area contributed by atoms with Crippen LogP contribution in [0.3, 0.4) is 0 Å². The quantitative estimate of drug-likeness (QED) is 0.272. The molecule has 1 saturated heterocycles. The minimum atomic E-state index is -0.462. The SMILES string of the molecule is O=C(COc1c(Br)cc(Br)cc1Br)NN=Cc1ccc(N2CCCC2)c([N+](=O)[O-])c1. The summed E-state index contributed by atoms with van der Waals surface area (Å²) in [6.45, 7) is 1.38. The van der Waals surface area contributed by atoms with Gasteiger partial charge in [-0.05, 0) is 62.9 Å². The van der Waals surface area contributed by atoms with Crippen LogP contribution in [0.25, 0.3) is 0 Å². The third-order valence-electron chi connectivity index (χ3n) is 4.36. The summed E-state index contributed by atoms with van der Waals surface area (Å²) in [5.74, 6) is 0.0293. The van der Waals surface area contributed by atoms with Gasteiger partial charge in [0.15, 0.2) is 6.61 Å². The van der Waals surface area contributed by atoms with Crippen LogP contribution in [-0.2, 0) is 4.79 Å². The van der Waals surface area contributed by atoms with Gasteiger partial charge in [-0.2, -0.15) is 5.10 Å². The Balaban J connectivity index is 1.60. The fourth-order valence-corrected chi connectivity index (χ4v) is 5.50. The van der Waals surface area contributed by atoms with Crippen LogP contribution in [0.1, 0.15) is 18.4 Å². The third kappa shape index (κ3) is 5.79. The molecule has 1 aliphatic rings. The number of halogens is 3. The predicted octanol–water partition coefficient (Wildman–Crippen LogP) is 5.01. The molecule has 2 aromatic carbocycles. The Morgan fingerprint density at radius 2 is 1.87 bits per heavy atom. The number of rotatable bonds is 7. The maximum absolute atomic E-state index is 12.0. The number of carbonyl (C=O) groups is 1. The molecule has 0 bridgehead atoms. The molecular formula is C19H17Br3N4O4. The lowest BCUT2D eigenvalue weighted by molar-refractivity contribution is -0.384. The van der Waals surface area contributed by atoms with Crippen LogP contribution < -0.4 is 15.1 Å². The first-order chi connectivity index (χ1) is 14.3. The molecule has 0 atom stereocenters. The van der Waals surface area contributed by atoms with E-state index in [4.69, 9.17) is 4.74 Å². The van der Waals surface area contributed by atoms with Crippen LogP contribution in [0.4, 0.5) is 11.4 Å². The van der Waals surface area contributed by atoms with Crippen molar-refractivity contribution >= 4 is 71.3 Å². The number of nitro groups is 1. The van der Waals surface area contributed by atoms with Gasteiger partial charge in [-0.3, -0.25) is 14.9 Å². The van der Waals surface area contributed by atoms with E-state index in [9.17, 15) is 14.9 Å². The van der Waals surface area contributed by atoms with Crippen molar-refractivity contribution in [2.45, 2.75) is 12.8 Å². The van der Waals surface area contributed by atoms with Crippen LogP contribution in [-0.4, -0.2) is 36.7 Å². The molecular weight excluding hydrogens is 588 g/mol. The molecule has 1 amide bonds. The molecule has 0 unspecified atom stereocenters. The summed E-state index contributed by atoms with van der Waals surface area (Å²) in [6.07, 6.45) is 3.42. The van der Waals surface area contributed by atoms with Crippen LogP contribution in [0.2, 0.25) is 0 Å². The number of hydrogen-bond acceptors (Lipinski definition) is 6. The Morgan fingerprint density at radius 3 is 2.50 bits per heavy atom. The molecule has 0 saturated carbocycles. The van der Waals surface area contributed by atoms with Gasteiger partial charge in [-0.1, -0.05) is 22.0 Å². The van der Waals surface area contributed by atoms with E-state index in [0.717, 1.165) is 30.4 Å². The van der Waals surface area contributed by atoms with Gasteiger partial charge in [0.25, 0.3) is 11.6 Å². The van der Waals surface area contributed by atoms with Gasteiger partial charge in [-0.25, -0.2) is 5.43 Å². The van der Waals surface area contributed by atoms with Gasteiger partial charge in [0.2, 0.25) is 0 Å². The summed E-state index contributed by atoms with van der Waals surface area (Å²) in [5.41, 5.74) is 3.51. The number of ether oxygens (including phenoxy) is 1. The zero-order valence-electron chi connectivity index (χ0n) is 15.6. The van der Waals surface area contributed by atoms with Crippen LogP contribution in [0, 0.1) is 10.1 Å². The number of benzene rings is 2. The van der Waals surface area contributed by atoms with Gasteiger partial charge in [-0.15, -0.1) is 0 Å². The first-order valence-electron chi connectivity index (χ1n) is 8.98. The highest BCUT2D eigenvalue weighted by Gasteiger charge is 2.22. The van der Waals surface area contributed by atoms with Crippen molar-refractivity contribution in [2.24, 2.45) is 5.10 Å². The summed E-state index contributed by atoms with van der Waals surface area (Å²) in [7, 11) is 0. The van der Waals surface area contributed by atoms with E-state index in [1.54, 1.807) is 24.3 Å². The molecule has 0 spiro atoms. The fraction of sp³-hybridized carbons (Fsp3) is 0.263. The van der Waals surface area contributed by atoms with Gasteiger partial charge < -0.3 is 9.64 Å². The molecule has 0 aromatic heterocycles. The average molecular weight is 605 g/mol. The Kier molecular flexibility index (Phi) is 7.84. The second-order valence-electron chi connectivity index (χ2n) is 6.48. The molecule has 1 N–H and O–H groups in total. The Morgan fingerprint density at radius 1 is 1.20 bits per heavy atom. The first-order valence-corrected chi connectivity index (χ1v) is 11.4. The van der Waals surface area contributed by atoms with Crippen LogP contribution in [0.5, 0.6) is 5.75 Å². The minimum Gasteiger partial charge on any atom is -0.481 e. The van der Waals surface area contributed by atoms with Crippen molar-refractivity contribution in [2.75, 3.05) is 24.6 Å². The number of nitrogens with one attached hydrogen (secondary N) is 1. The number of nitrogens with zero attached hydrogens (tertiary/aromatic N) is 3. The van der Waals surface area contributed by atoms with Crippen LogP contribution in [0.15, 0.2) is 48.9 Å². The van der Waals surface area contributed by atoms with Crippen LogP contribution >= 0.6 is 47.8 Å². The van der Waals surface area contributed by atoms with Crippen molar-refractivity contribution in [3.05, 3.63) is 59.4 Å². The zero-order valence-corrected chi connectivity index (χ0v) is 20.4. The van der Waals surface area contributed by atoms with E-state index in [0.29, 0.717) is 25.9 Å². The van der Waals surface area contributed by atoms with Crippen molar-refractivity contribution in [3.63, 3.8) is 0 Å². The molecule has 158 valence electrons. The van der Waals surface area contributed by atoms with Gasteiger partial charge >= 0.3 is 0 Å². The summed E-state index contributed by atoms with van der Waals surface area (Å²) in [4.78, 5) is 25.1. The van der Waals surface area contributed by atoms with Crippen molar-refractivity contribution < 1.29 is 14.5 Å².